The molecule has 2 rings (SSSR count). The van der Waals surface area contributed by atoms with E-state index < -0.39 is 18.1 Å². The number of aliphatic hydroxyl groups is 1. The van der Waals surface area contributed by atoms with Crippen LogP contribution in [0.5, 0.6) is 0 Å². The second kappa shape index (κ2) is 5.79. The molecule has 0 spiro atoms. The predicted octanol–water partition coefficient (Wildman–Crippen LogP) is 4.47. The van der Waals surface area contributed by atoms with Gasteiger partial charge in [-0.05, 0) is 12.5 Å². The van der Waals surface area contributed by atoms with Gasteiger partial charge in [-0.25, -0.2) is 0 Å². The quantitative estimate of drug-likeness (QED) is 0.849. The molecule has 0 aliphatic heterocycles. The molecule has 0 aliphatic carbocycles. The largest absolute Gasteiger partial charge is 0.380 e. The highest BCUT2D eigenvalue weighted by atomic mass is 31.2. The van der Waals surface area contributed by atoms with Gasteiger partial charge in [-0.15, -0.1) is 0 Å². The van der Waals surface area contributed by atoms with Crippen molar-refractivity contribution in [1.29, 1.82) is 0 Å². The van der Waals surface area contributed by atoms with Crippen molar-refractivity contribution in [2.45, 2.75) is 38.7 Å². The Labute approximate surface area is 127 Å². The van der Waals surface area contributed by atoms with Crippen LogP contribution >= 0.6 is 7.14 Å². The fourth-order valence-corrected chi connectivity index (χ4v) is 5.49. The summed E-state index contributed by atoms with van der Waals surface area (Å²) in [5.41, 5.74) is 1.83. The molecule has 0 aliphatic rings. The van der Waals surface area contributed by atoms with Gasteiger partial charge in [0.15, 0.2) is 7.14 Å². The minimum absolute atomic E-state index is 0.515. The fourth-order valence-electron chi connectivity index (χ4n) is 2.49. The van der Waals surface area contributed by atoms with E-state index in [4.69, 9.17) is 0 Å². The van der Waals surface area contributed by atoms with Crippen LogP contribution in [0.15, 0.2) is 54.6 Å². The molecule has 0 bridgehead atoms. The highest BCUT2D eigenvalue weighted by molar-refractivity contribution is 7.73. The maximum absolute atomic E-state index is 13.8. The van der Waals surface area contributed by atoms with Crippen molar-refractivity contribution in [2.24, 2.45) is 0 Å². The Balaban J connectivity index is 2.56. The number of hydrogen-bond donors (Lipinski definition) is 1. The molecule has 2 aromatic carbocycles. The normalized spacial score (nSPS) is 16.2. The third-order valence-corrected chi connectivity index (χ3v) is 7.90. The van der Waals surface area contributed by atoms with Gasteiger partial charge in [0.05, 0.1) is 0 Å². The summed E-state index contributed by atoms with van der Waals surface area (Å²) in [7, 11) is -3.03. The third-order valence-electron chi connectivity index (χ3n) is 3.86. The number of benzene rings is 2. The smallest absolute Gasteiger partial charge is 0.151 e. The Kier molecular flexibility index (Phi) is 4.41. The third kappa shape index (κ3) is 2.97. The lowest BCUT2D eigenvalue weighted by atomic mass is 10.2. The summed E-state index contributed by atoms with van der Waals surface area (Å²) < 4.78 is 13.8. The van der Waals surface area contributed by atoms with Crippen molar-refractivity contribution in [1.82, 2.24) is 0 Å². The second-order valence-electron chi connectivity index (χ2n) is 6.45. The molecule has 0 saturated carbocycles. The SMILES string of the molecule is Cc1ccc([C@@H](O)[P@](=O)(c2ccccc2)C(C)(C)C)cc1. The number of aryl methyl sites for hydroxylation is 1. The first kappa shape index (κ1) is 16.0. The van der Waals surface area contributed by atoms with Gasteiger partial charge < -0.3 is 9.67 Å². The summed E-state index contributed by atoms with van der Waals surface area (Å²) >= 11 is 0. The maximum atomic E-state index is 13.8. The molecule has 0 unspecified atom stereocenters. The van der Waals surface area contributed by atoms with Crippen molar-refractivity contribution >= 4 is 12.4 Å². The minimum Gasteiger partial charge on any atom is -0.380 e. The van der Waals surface area contributed by atoms with E-state index in [1.54, 1.807) is 0 Å². The minimum atomic E-state index is -3.03. The van der Waals surface area contributed by atoms with Gasteiger partial charge in [-0.1, -0.05) is 80.9 Å². The molecule has 2 atom stereocenters. The molecule has 3 heteroatoms. The van der Waals surface area contributed by atoms with E-state index in [2.05, 4.69) is 0 Å². The monoisotopic (exact) mass is 302 g/mol. The number of aliphatic hydroxyl groups excluding tert-OH is 1. The first-order valence-corrected chi connectivity index (χ1v) is 8.94. The molecule has 2 aromatic rings. The second-order valence-corrected chi connectivity index (χ2v) is 10.1. The van der Waals surface area contributed by atoms with Crippen molar-refractivity contribution in [2.75, 3.05) is 0 Å². The highest BCUT2D eigenvalue weighted by Crippen LogP contribution is 2.65. The van der Waals surface area contributed by atoms with Crippen LogP contribution in [0.25, 0.3) is 0 Å². The molecular weight excluding hydrogens is 279 g/mol. The lowest BCUT2D eigenvalue weighted by Gasteiger charge is -2.35. The Morgan fingerprint density at radius 1 is 0.952 bits per heavy atom. The number of hydrogen-bond acceptors (Lipinski definition) is 2. The highest BCUT2D eigenvalue weighted by Gasteiger charge is 2.44. The van der Waals surface area contributed by atoms with E-state index in [1.165, 1.54) is 0 Å². The van der Waals surface area contributed by atoms with E-state index in [0.29, 0.717) is 5.56 Å². The summed E-state index contributed by atoms with van der Waals surface area (Å²) in [6.45, 7) is 7.78. The van der Waals surface area contributed by atoms with Crippen LogP contribution in [-0.4, -0.2) is 10.3 Å². The van der Waals surface area contributed by atoms with E-state index in [-0.39, 0.29) is 0 Å². The van der Waals surface area contributed by atoms with Gasteiger partial charge >= 0.3 is 0 Å². The molecule has 2 nitrogen and oxygen atoms in total. The Morgan fingerprint density at radius 3 is 1.95 bits per heavy atom. The van der Waals surface area contributed by atoms with Gasteiger partial charge in [0.2, 0.25) is 0 Å². The maximum Gasteiger partial charge on any atom is 0.151 e. The predicted molar refractivity (Wildman–Crippen MR) is 89.6 cm³/mol. The Bertz CT molecular complexity index is 639. The van der Waals surface area contributed by atoms with Gasteiger partial charge in [0, 0.05) is 10.5 Å². The zero-order chi connectivity index (χ0) is 15.7. The summed E-state index contributed by atoms with van der Waals surface area (Å²) in [6, 6.07) is 16.9. The van der Waals surface area contributed by atoms with Crippen LogP contribution in [0.2, 0.25) is 0 Å². The molecule has 0 heterocycles. The molecule has 21 heavy (non-hydrogen) atoms. The van der Waals surface area contributed by atoms with Gasteiger partial charge in [-0.2, -0.15) is 0 Å². The summed E-state index contributed by atoms with van der Waals surface area (Å²) in [5.74, 6) is -0.986. The number of rotatable bonds is 3. The summed E-state index contributed by atoms with van der Waals surface area (Å²) in [6.07, 6.45) is 0. The molecule has 1 N–H and O–H groups in total. The van der Waals surface area contributed by atoms with Gasteiger partial charge in [0.1, 0.15) is 5.85 Å². The van der Waals surface area contributed by atoms with Crippen LogP contribution in [0.3, 0.4) is 0 Å². The first-order chi connectivity index (χ1) is 9.76. The Hall–Kier alpha value is -1.37. The summed E-state index contributed by atoms with van der Waals surface area (Å²) in [5, 5.41) is 11.1. The average molecular weight is 302 g/mol. The fraction of sp³-hybridized carbons (Fsp3) is 0.333. The topological polar surface area (TPSA) is 37.3 Å². The molecule has 0 amide bonds. The van der Waals surface area contributed by atoms with Crippen LogP contribution in [0.1, 0.15) is 37.7 Å². The van der Waals surface area contributed by atoms with Crippen LogP contribution in [-0.2, 0) is 4.57 Å². The van der Waals surface area contributed by atoms with E-state index >= 15 is 0 Å². The van der Waals surface area contributed by atoms with Crippen LogP contribution < -0.4 is 5.30 Å². The lowest BCUT2D eigenvalue weighted by Crippen LogP contribution is -2.27. The molecule has 0 aromatic heterocycles. The van der Waals surface area contributed by atoms with E-state index in [0.717, 1.165) is 10.9 Å². The lowest BCUT2D eigenvalue weighted by molar-refractivity contribution is 0.251. The molecular formula is C18H23O2P. The average Bonchev–Trinajstić information content (AvgIpc) is 2.46. The van der Waals surface area contributed by atoms with Crippen molar-refractivity contribution in [3.63, 3.8) is 0 Å². The standard InChI is InChI=1S/C18H23O2P/c1-14-10-12-15(13-11-14)17(19)21(20,18(2,3)4)16-8-6-5-7-9-16/h5-13,17,19H,1-4H3/t17-,21+/m0/s1. The molecule has 0 fully saturated rings. The van der Waals surface area contributed by atoms with Gasteiger partial charge in [0.25, 0.3) is 0 Å². The van der Waals surface area contributed by atoms with Crippen molar-refractivity contribution in [3.05, 3.63) is 65.7 Å². The van der Waals surface area contributed by atoms with Gasteiger partial charge in [-0.3, -0.25) is 0 Å². The molecule has 112 valence electrons. The zero-order valence-corrected chi connectivity index (χ0v) is 14.0. The zero-order valence-electron chi connectivity index (χ0n) is 13.1. The van der Waals surface area contributed by atoms with Crippen molar-refractivity contribution < 1.29 is 9.67 Å². The Morgan fingerprint density at radius 2 is 1.48 bits per heavy atom. The van der Waals surface area contributed by atoms with Crippen LogP contribution in [0.4, 0.5) is 0 Å². The molecule has 0 saturated heterocycles. The first-order valence-electron chi connectivity index (χ1n) is 7.17. The van der Waals surface area contributed by atoms with Crippen LogP contribution in [0, 0.1) is 6.92 Å². The van der Waals surface area contributed by atoms with E-state index in [1.807, 2.05) is 82.3 Å². The molecule has 0 radical (unpaired) electrons. The van der Waals surface area contributed by atoms with Crippen molar-refractivity contribution in [3.8, 4) is 0 Å². The summed E-state index contributed by atoms with van der Waals surface area (Å²) in [4.78, 5) is 0. The van der Waals surface area contributed by atoms with E-state index in [9.17, 15) is 9.67 Å².